The SMILES string of the molecule is CCNC(=O)N(CC(=O)N(Cc1ccc2c(c1)OCO2)Cc1cccs1)CC(C)C. The number of amides is 3. The molecule has 0 fully saturated rings. The second kappa shape index (κ2) is 10.3. The van der Waals surface area contributed by atoms with Gasteiger partial charge < -0.3 is 24.6 Å². The Morgan fingerprint density at radius 3 is 2.63 bits per heavy atom. The molecule has 1 aromatic carbocycles. The van der Waals surface area contributed by atoms with Gasteiger partial charge in [0.05, 0.1) is 6.54 Å². The quantitative estimate of drug-likeness (QED) is 0.657. The summed E-state index contributed by atoms with van der Waals surface area (Å²) in [5.74, 6) is 1.59. The Labute approximate surface area is 181 Å². The third-order valence-corrected chi connectivity index (χ3v) is 5.48. The molecule has 1 aliphatic rings. The summed E-state index contributed by atoms with van der Waals surface area (Å²) in [5.41, 5.74) is 0.956. The highest BCUT2D eigenvalue weighted by molar-refractivity contribution is 7.09. The third kappa shape index (κ3) is 5.89. The number of thiophene rings is 1. The summed E-state index contributed by atoms with van der Waals surface area (Å²) < 4.78 is 10.8. The van der Waals surface area contributed by atoms with Gasteiger partial charge >= 0.3 is 6.03 Å². The van der Waals surface area contributed by atoms with Crippen molar-refractivity contribution in [2.75, 3.05) is 26.4 Å². The van der Waals surface area contributed by atoms with Gasteiger partial charge in [0, 0.05) is 24.5 Å². The predicted octanol–water partition coefficient (Wildman–Crippen LogP) is 3.69. The summed E-state index contributed by atoms with van der Waals surface area (Å²) in [5, 5.41) is 4.81. The Bertz CT molecular complexity index is 854. The average molecular weight is 432 g/mol. The molecule has 1 N–H and O–H groups in total. The standard InChI is InChI=1S/C22H29N3O4S/c1-4-23-22(27)25(11-16(2)3)14-21(26)24(13-18-6-5-9-30-18)12-17-7-8-19-20(10-17)29-15-28-19/h5-10,16H,4,11-15H2,1-3H3,(H,23,27). The van der Waals surface area contributed by atoms with Crippen molar-refractivity contribution in [2.24, 2.45) is 5.92 Å². The number of carbonyl (C=O) groups excluding carboxylic acids is 2. The van der Waals surface area contributed by atoms with Crippen LogP contribution in [-0.2, 0) is 17.9 Å². The molecule has 8 heteroatoms. The molecule has 0 saturated carbocycles. The third-order valence-electron chi connectivity index (χ3n) is 4.62. The van der Waals surface area contributed by atoms with Crippen molar-refractivity contribution >= 4 is 23.3 Å². The number of ether oxygens (including phenoxy) is 2. The summed E-state index contributed by atoms with van der Waals surface area (Å²) in [6.45, 7) is 8.17. The van der Waals surface area contributed by atoms with Crippen molar-refractivity contribution in [1.82, 2.24) is 15.1 Å². The van der Waals surface area contributed by atoms with Gasteiger partial charge in [-0.15, -0.1) is 11.3 Å². The zero-order valence-electron chi connectivity index (χ0n) is 17.7. The zero-order chi connectivity index (χ0) is 21.5. The molecular formula is C22H29N3O4S. The van der Waals surface area contributed by atoms with E-state index >= 15 is 0 Å². The Kier molecular flexibility index (Phi) is 7.57. The van der Waals surface area contributed by atoms with Gasteiger partial charge in [0.25, 0.3) is 0 Å². The van der Waals surface area contributed by atoms with Crippen molar-refractivity contribution in [3.8, 4) is 11.5 Å². The van der Waals surface area contributed by atoms with Crippen molar-refractivity contribution in [1.29, 1.82) is 0 Å². The Balaban J connectivity index is 1.76. The number of fused-ring (bicyclic) bond motifs is 1. The van der Waals surface area contributed by atoms with Crippen molar-refractivity contribution in [3.05, 3.63) is 46.2 Å². The fourth-order valence-corrected chi connectivity index (χ4v) is 3.99. The topological polar surface area (TPSA) is 71.1 Å². The van der Waals surface area contributed by atoms with Crippen LogP contribution in [0.15, 0.2) is 35.7 Å². The maximum absolute atomic E-state index is 13.3. The molecule has 7 nitrogen and oxygen atoms in total. The highest BCUT2D eigenvalue weighted by atomic mass is 32.1. The maximum Gasteiger partial charge on any atom is 0.317 e. The lowest BCUT2D eigenvalue weighted by molar-refractivity contribution is -0.133. The van der Waals surface area contributed by atoms with Crippen molar-refractivity contribution in [2.45, 2.75) is 33.9 Å². The van der Waals surface area contributed by atoms with Crippen LogP contribution < -0.4 is 14.8 Å². The van der Waals surface area contributed by atoms with Gasteiger partial charge in [-0.2, -0.15) is 0 Å². The molecule has 0 saturated heterocycles. The van der Waals surface area contributed by atoms with E-state index in [1.165, 1.54) is 0 Å². The van der Waals surface area contributed by atoms with Crippen LogP contribution in [0.2, 0.25) is 0 Å². The van der Waals surface area contributed by atoms with Gasteiger partial charge in [0.15, 0.2) is 11.5 Å². The van der Waals surface area contributed by atoms with Gasteiger partial charge in [-0.05, 0) is 42.0 Å². The molecule has 30 heavy (non-hydrogen) atoms. The van der Waals surface area contributed by atoms with Crippen LogP contribution in [0.5, 0.6) is 11.5 Å². The molecule has 0 bridgehead atoms. The van der Waals surface area contributed by atoms with Crippen molar-refractivity contribution < 1.29 is 19.1 Å². The molecule has 0 atom stereocenters. The van der Waals surface area contributed by atoms with Gasteiger partial charge in [0.2, 0.25) is 12.7 Å². The van der Waals surface area contributed by atoms with E-state index in [0.717, 1.165) is 10.4 Å². The summed E-state index contributed by atoms with van der Waals surface area (Å²) in [7, 11) is 0. The molecule has 0 spiro atoms. The fourth-order valence-electron chi connectivity index (χ4n) is 3.27. The molecule has 1 aliphatic heterocycles. The zero-order valence-corrected chi connectivity index (χ0v) is 18.5. The molecule has 2 heterocycles. The minimum atomic E-state index is -0.210. The van der Waals surface area contributed by atoms with E-state index in [0.29, 0.717) is 37.7 Å². The molecule has 3 amide bonds. The number of nitrogens with zero attached hydrogens (tertiary/aromatic N) is 2. The van der Waals surface area contributed by atoms with Gasteiger partial charge in [-0.3, -0.25) is 4.79 Å². The summed E-state index contributed by atoms with van der Waals surface area (Å²) >= 11 is 1.61. The first-order valence-corrected chi connectivity index (χ1v) is 11.1. The summed E-state index contributed by atoms with van der Waals surface area (Å²) in [6, 6.07) is 9.50. The van der Waals surface area contributed by atoms with Crippen LogP contribution in [0.4, 0.5) is 4.79 Å². The number of carbonyl (C=O) groups is 2. The van der Waals surface area contributed by atoms with Gasteiger partial charge in [-0.1, -0.05) is 26.0 Å². The van der Waals surface area contributed by atoms with E-state index < -0.39 is 0 Å². The van der Waals surface area contributed by atoms with Crippen LogP contribution in [-0.4, -0.2) is 48.2 Å². The first-order chi connectivity index (χ1) is 14.5. The number of urea groups is 1. The van der Waals surface area contributed by atoms with Crippen LogP contribution >= 0.6 is 11.3 Å². The lowest BCUT2D eigenvalue weighted by Crippen LogP contribution is -2.47. The summed E-state index contributed by atoms with van der Waals surface area (Å²) in [4.78, 5) is 30.2. The Morgan fingerprint density at radius 1 is 1.13 bits per heavy atom. The number of hydrogen-bond acceptors (Lipinski definition) is 5. The lowest BCUT2D eigenvalue weighted by atomic mass is 10.1. The molecule has 0 radical (unpaired) electrons. The van der Waals surface area contributed by atoms with E-state index in [-0.39, 0.29) is 31.2 Å². The Hall–Kier alpha value is -2.74. The highest BCUT2D eigenvalue weighted by Gasteiger charge is 2.23. The van der Waals surface area contributed by atoms with E-state index in [9.17, 15) is 9.59 Å². The molecule has 2 aromatic rings. The van der Waals surface area contributed by atoms with E-state index in [1.54, 1.807) is 21.1 Å². The number of nitrogens with one attached hydrogen (secondary N) is 1. The van der Waals surface area contributed by atoms with Crippen LogP contribution in [0.1, 0.15) is 31.2 Å². The van der Waals surface area contributed by atoms with Gasteiger partial charge in [0.1, 0.15) is 6.54 Å². The lowest BCUT2D eigenvalue weighted by Gasteiger charge is -2.28. The predicted molar refractivity (Wildman–Crippen MR) is 117 cm³/mol. The molecule has 162 valence electrons. The summed E-state index contributed by atoms with van der Waals surface area (Å²) in [6.07, 6.45) is 0. The maximum atomic E-state index is 13.3. The normalized spacial score (nSPS) is 12.1. The smallest absolute Gasteiger partial charge is 0.317 e. The van der Waals surface area contributed by atoms with E-state index in [1.807, 2.05) is 56.5 Å². The molecule has 1 aromatic heterocycles. The molecule has 3 rings (SSSR count). The fraction of sp³-hybridized carbons (Fsp3) is 0.455. The second-order valence-corrected chi connectivity index (χ2v) is 8.66. The Morgan fingerprint density at radius 2 is 1.93 bits per heavy atom. The first-order valence-electron chi connectivity index (χ1n) is 10.2. The van der Waals surface area contributed by atoms with Gasteiger partial charge in [-0.25, -0.2) is 4.79 Å². The minimum Gasteiger partial charge on any atom is -0.454 e. The van der Waals surface area contributed by atoms with Crippen LogP contribution in [0, 0.1) is 5.92 Å². The van der Waals surface area contributed by atoms with E-state index in [4.69, 9.17) is 9.47 Å². The number of hydrogen-bond donors (Lipinski definition) is 1. The first kappa shape index (κ1) is 22.0. The molecule has 0 aliphatic carbocycles. The van der Waals surface area contributed by atoms with Crippen molar-refractivity contribution in [3.63, 3.8) is 0 Å². The average Bonchev–Trinajstić information content (AvgIpc) is 3.38. The minimum absolute atomic E-state index is 0.0416. The number of rotatable bonds is 9. The highest BCUT2D eigenvalue weighted by Crippen LogP contribution is 2.33. The molecule has 0 unspecified atom stereocenters. The molecular weight excluding hydrogens is 402 g/mol. The van der Waals surface area contributed by atoms with Crippen LogP contribution in [0.3, 0.4) is 0 Å². The second-order valence-electron chi connectivity index (χ2n) is 7.63. The van der Waals surface area contributed by atoms with E-state index in [2.05, 4.69) is 5.32 Å². The largest absolute Gasteiger partial charge is 0.454 e. The monoisotopic (exact) mass is 431 g/mol. The van der Waals surface area contributed by atoms with Crippen LogP contribution in [0.25, 0.3) is 0 Å². The number of benzene rings is 1.